The van der Waals surface area contributed by atoms with Gasteiger partial charge in [-0.05, 0) is 38.0 Å². The van der Waals surface area contributed by atoms with E-state index >= 15 is 0 Å². The summed E-state index contributed by atoms with van der Waals surface area (Å²) in [5.74, 6) is 1.46. The number of nitrogens with one attached hydrogen (secondary N) is 1. The zero-order chi connectivity index (χ0) is 14.0. The molecule has 2 rings (SSSR count). The minimum absolute atomic E-state index is 0.0304. The zero-order valence-electron chi connectivity index (χ0n) is 12.3. The largest absolute Gasteiger partial charge is 0.356 e. The molecule has 1 saturated carbocycles. The van der Waals surface area contributed by atoms with Crippen LogP contribution in [-0.4, -0.2) is 35.8 Å². The van der Waals surface area contributed by atoms with Crippen LogP contribution < -0.4 is 5.32 Å². The number of hydrogen-bond donors (Lipinski definition) is 1. The Hall–Kier alpha value is -1.06. The third kappa shape index (κ3) is 3.71. The number of nitrogens with zero attached hydrogens (tertiary/aromatic N) is 1. The SMILES string of the molecule is CC(C)CN1C(=O)CCC(C(=O)NCC2CC2)C1C. The summed E-state index contributed by atoms with van der Waals surface area (Å²) in [5, 5.41) is 3.06. The molecule has 2 aliphatic rings. The van der Waals surface area contributed by atoms with E-state index in [4.69, 9.17) is 0 Å². The fourth-order valence-corrected chi connectivity index (χ4v) is 2.82. The lowest BCUT2D eigenvalue weighted by Crippen LogP contribution is -2.52. The van der Waals surface area contributed by atoms with Crippen LogP contribution in [-0.2, 0) is 9.59 Å². The number of carbonyl (C=O) groups excluding carboxylic acids is 2. The number of carbonyl (C=O) groups is 2. The molecule has 19 heavy (non-hydrogen) atoms. The molecule has 0 spiro atoms. The third-order valence-corrected chi connectivity index (χ3v) is 4.22. The smallest absolute Gasteiger partial charge is 0.225 e. The highest BCUT2D eigenvalue weighted by Gasteiger charge is 2.37. The molecule has 4 nitrogen and oxygen atoms in total. The molecular weight excluding hydrogens is 240 g/mol. The van der Waals surface area contributed by atoms with Crippen molar-refractivity contribution in [1.29, 1.82) is 0 Å². The predicted octanol–water partition coefficient (Wildman–Crippen LogP) is 1.80. The fraction of sp³-hybridized carbons (Fsp3) is 0.867. The van der Waals surface area contributed by atoms with Crippen molar-refractivity contribution >= 4 is 11.8 Å². The van der Waals surface area contributed by atoms with Crippen molar-refractivity contribution in [2.75, 3.05) is 13.1 Å². The van der Waals surface area contributed by atoms with E-state index in [0.717, 1.165) is 13.1 Å². The summed E-state index contributed by atoms with van der Waals surface area (Å²) >= 11 is 0. The zero-order valence-corrected chi connectivity index (χ0v) is 12.3. The summed E-state index contributed by atoms with van der Waals surface area (Å²) in [6.07, 6.45) is 3.71. The second-order valence-corrected chi connectivity index (χ2v) is 6.51. The van der Waals surface area contributed by atoms with Gasteiger partial charge in [-0.1, -0.05) is 13.8 Å². The predicted molar refractivity (Wildman–Crippen MR) is 74.5 cm³/mol. The summed E-state index contributed by atoms with van der Waals surface area (Å²) < 4.78 is 0. The Morgan fingerprint density at radius 2 is 2.05 bits per heavy atom. The summed E-state index contributed by atoms with van der Waals surface area (Å²) in [4.78, 5) is 26.1. The average molecular weight is 266 g/mol. The van der Waals surface area contributed by atoms with Gasteiger partial charge in [0.05, 0.1) is 5.92 Å². The highest BCUT2D eigenvalue weighted by atomic mass is 16.2. The average Bonchev–Trinajstić information content (AvgIpc) is 3.15. The highest BCUT2D eigenvalue weighted by Crippen LogP contribution is 2.29. The maximum atomic E-state index is 12.2. The summed E-state index contributed by atoms with van der Waals surface area (Å²) in [7, 11) is 0. The molecule has 0 aromatic carbocycles. The van der Waals surface area contributed by atoms with Crippen LogP contribution in [0, 0.1) is 17.8 Å². The molecule has 0 radical (unpaired) electrons. The van der Waals surface area contributed by atoms with E-state index in [2.05, 4.69) is 19.2 Å². The van der Waals surface area contributed by atoms with E-state index in [-0.39, 0.29) is 23.8 Å². The second kappa shape index (κ2) is 5.93. The van der Waals surface area contributed by atoms with E-state index in [1.807, 2.05) is 11.8 Å². The molecule has 2 amide bonds. The molecule has 0 aromatic rings. The molecule has 2 atom stereocenters. The van der Waals surface area contributed by atoms with Gasteiger partial charge >= 0.3 is 0 Å². The Kier molecular flexibility index (Phi) is 4.48. The number of piperidine rings is 1. The summed E-state index contributed by atoms with van der Waals surface area (Å²) in [6, 6.07) is 0.0304. The summed E-state index contributed by atoms with van der Waals surface area (Å²) in [6.45, 7) is 7.81. The van der Waals surface area contributed by atoms with E-state index < -0.39 is 0 Å². The van der Waals surface area contributed by atoms with Crippen LogP contribution >= 0.6 is 0 Å². The molecule has 108 valence electrons. The van der Waals surface area contributed by atoms with Crippen molar-refractivity contribution in [3.05, 3.63) is 0 Å². The van der Waals surface area contributed by atoms with Crippen LogP contribution in [0.25, 0.3) is 0 Å². The molecule has 1 heterocycles. The van der Waals surface area contributed by atoms with Gasteiger partial charge in [0, 0.05) is 25.6 Å². The molecule has 4 heteroatoms. The van der Waals surface area contributed by atoms with Gasteiger partial charge in [0.1, 0.15) is 0 Å². The Balaban J connectivity index is 1.92. The highest BCUT2D eigenvalue weighted by molar-refractivity contribution is 5.84. The van der Waals surface area contributed by atoms with Crippen molar-refractivity contribution in [3.8, 4) is 0 Å². The first kappa shape index (κ1) is 14.4. The molecule has 2 fully saturated rings. The number of amides is 2. The topological polar surface area (TPSA) is 49.4 Å². The van der Waals surface area contributed by atoms with Gasteiger partial charge < -0.3 is 10.2 Å². The molecule has 2 unspecified atom stereocenters. The second-order valence-electron chi connectivity index (χ2n) is 6.51. The minimum Gasteiger partial charge on any atom is -0.356 e. The van der Waals surface area contributed by atoms with Crippen LogP contribution in [0.5, 0.6) is 0 Å². The lowest BCUT2D eigenvalue weighted by atomic mass is 9.88. The van der Waals surface area contributed by atoms with Crippen LogP contribution in [0.3, 0.4) is 0 Å². The molecular formula is C15H26N2O2. The van der Waals surface area contributed by atoms with Gasteiger partial charge in [0.25, 0.3) is 0 Å². The quantitative estimate of drug-likeness (QED) is 0.825. The standard InChI is InChI=1S/C15H26N2O2/c1-10(2)9-17-11(3)13(6-7-14(17)18)15(19)16-8-12-4-5-12/h10-13H,4-9H2,1-3H3,(H,16,19). The molecule has 1 saturated heterocycles. The fourth-order valence-electron chi connectivity index (χ4n) is 2.82. The first-order chi connectivity index (χ1) is 8.99. The van der Waals surface area contributed by atoms with E-state index in [9.17, 15) is 9.59 Å². The summed E-state index contributed by atoms with van der Waals surface area (Å²) in [5.41, 5.74) is 0. The van der Waals surface area contributed by atoms with Crippen molar-refractivity contribution in [1.82, 2.24) is 10.2 Å². The first-order valence-corrected chi connectivity index (χ1v) is 7.56. The van der Waals surface area contributed by atoms with Crippen LogP contribution in [0.2, 0.25) is 0 Å². The van der Waals surface area contributed by atoms with Gasteiger partial charge in [-0.25, -0.2) is 0 Å². The maximum Gasteiger partial charge on any atom is 0.225 e. The van der Waals surface area contributed by atoms with Gasteiger partial charge in [-0.15, -0.1) is 0 Å². The molecule has 0 aromatic heterocycles. The normalized spacial score (nSPS) is 27.8. The van der Waals surface area contributed by atoms with Crippen molar-refractivity contribution < 1.29 is 9.59 Å². The van der Waals surface area contributed by atoms with Crippen molar-refractivity contribution in [3.63, 3.8) is 0 Å². The molecule has 1 aliphatic carbocycles. The van der Waals surface area contributed by atoms with Crippen molar-refractivity contribution in [2.45, 2.75) is 52.5 Å². The molecule has 0 bridgehead atoms. The lowest BCUT2D eigenvalue weighted by Gasteiger charge is -2.39. The van der Waals surface area contributed by atoms with Crippen LogP contribution in [0.4, 0.5) is 0 Å². The number of rotatable bonds is 5. The monoisotopic (exact) mass is 266 g/mol. The number of hydrogen-bond acceptors (Lipinski definition) is 2. The Morgan fingerprint density at radius 3 is 2.63 bits per heavy atom. The van der Waals surface area contributed by atoms with Gasteiger partial charge in [-0.3, -0.25) is 9.59 Å². The van der Waals surface area contributed by atoms with E-state index in [1.54, 1.807) is 0 Å². The first-order valence-electron chi connectivity index (χ1n) is 7.56. The minimum atomic E-state index is -0.0322. The van der Waals surface area contributed by atoms with Crippen LogP contribution in [0.1, 0.15) is 46.5 Å². The van der Waals surface area contributed by atoms with Gasteiger partial charge in [-0.2, -0.15) is 0 Å². The van der Waals surface area contributed by atoms with E-state index in [0.29, 0.717) is 24.7 Å². The maximum absolute atomic E-state index is 12.2. The van der Waals surface area contributed by atoms with Crippen molar-refractivity contribution in [2.24, 2.45) is 17.8 Å². The Morgan fingerprint density at radius 1 is 1.37 bits per heavy atom. The third-order valence-electron chi connectivity index (χ3n) is 4.22. The lowest BCUT2D eigenvalue weighted by molar-refractivity contribution is -0.143. The van der Waals surface area contributed by atoms with Gasteiger partial charge in [0.15, 0.2) is 0 Å². The van der Waals surface area contributed by atoms with Gasteiger partial charge in [0.2, 0.25) is 11.8 Å². The Bertz CT molecular complexity index is 350. The molecule has 1 N–H and O–H groups in total. The number of likely N-dealkylation sites (tertiary alicyclic amines) is 1. The van der Waals surface area contributed by atoms with Crippen LogP contribution in [0.15, 0.2) is 0 Å². The molecule has 1 aliphatic heterocycles. The van der Waals surface area contributed by atoms with E-state index in [1.165, 1.54) is 12.8 Å². The Labute approximate surface area is 115 Å².